The Morgan fingerprint density at radius 2 is 2.11 bits per heavy atom. The molecule has 2 amide bonds. The molecule has 4 N–H and O–H groups in total. The average Bonchev–Trinajstić information content (AvgIpc) is 3.59. The minimum Gasteiger partial charge on any atom is -0.490 e. The molecule has 35 heavy (non-hydrogen) atoms. The Morgan fingerprint density at radius 3 is 2.77 bits per heavy atom. The number of likely N-dealkylation sites (tertiary alicyclic amines) is 1. The van der Waals surface area contributed by atoms with E-state index in [-0.39, 0.29) is 18.2 Å². The molecule has 0 bridgehead atoms. The second-order valence-corrected chi connectivity index (χ2v) is 9.04. The molecule has 1 aromatic heterocycles. The van der Waals surface area contributed by atoms with Gasteiger partial charge in [0.1, 0.15) is 11.8 Å². The fourth-order valence-electron chi connectivity index (χ4n) is 4.37. The predicted octanol–water partition coefficient (Wildman–Crippen LogP) is 3.65. The number of carbonyl (C=O) groups is 1. The molecule has 5 rings (SSSR count). The van der Waals surface area contributed by atoms with E-state index in [1.54, 1.807) is 17.0 Å². The highest BCUT2D eigenvalue weighted by atomic mass is 16.5. The molecular weight excluding hydrogens is 444 g/mol. The van der Waals surface area contributed by atoms with Crippen molar-refractivity contribution in [3.05, 3.63) is 53.1 Å². The summed E-state index contributed by atoms with van der Waals surface area (Å²) < 4.78 is 11.1. The van der Waals surface area contributed by atoms with Crippen LogP contribution in [0.15, 0.2) is 40.9 Å². The second kappa shape index (κ2) is 10.6. The molecule has 9 heteroatoms. The van der Waals surface area contributed by atoms with Crippen LogP contribution in [0.3, 0.4) is 0 Å². The van der Waals surface area contributed by atoms with Gasteiger partial charge in [0.25, 0.3) is 5.89 Å². The predicted molar refractivity (Wildman–Crippen MR) is 131 cm³/mol. The monoisotopic (exact) mass is 474 g/mol. The Balaban J connectivity index is 0.000000271. The quantitative estimate of drug-likeness (QED) is 0.587. The van der Waals surface area contributed by atoms with Gasteiger partial charge in [-0.05, 0) is 68.9 Å². The SMILES string of the molecule is CC(C)Oc1ccc(-c2nc(-c3cccc4c3CCC4)no2)cc1C#N.NC(=O)N1CC[C@@H](N)C1. The van der Waals surface area contributed by atoms with E-state index in [4.69, 9.17) is 20.7 Å². The molecule has 182 valence electrons. The highest BCUT2D eigenvalue weighted by Crippen LogP contribution is 2.33. The third-order valence-corrected chi connectivity index (χ3v) is 6.06. The molecule has 0 radical (unpaired) electrons. The summed E-state index contributed by atoms with van der Waals surface area (Å²) in [4.78, 5) is 16.6. The number of aryl methyl sites for hydroxylation is 1. The van der Waals surface area contributed by atoms with Gasteiger partial charge >= 0.3 is 6.03 Å². The molecule has 2 aromatic carbocycles. The van der Waals surface area contributed by atoms with Crippen LogP contribution in [0.1, 0.15) is 43.4 Å². The van der Waals surface area contributed by atoms with Crippen molar-refractivity contribution in [2.45, 2.75) is 51.7 Å². The molecule has 9 nitrogen and oxygen atoms in total. The molecule has 3 aromatic rings. The molecule has 1 atom stereocenters. The van der Waals surface area contributed by atoms with Crippen molar-refractivity contribution >= 4 is 6.03 Å². The number of nitriles is 1. The fourth-order valence-corrected chi connectivity index (χ4v) is 4.37. The third kappa shape index (κ3) is 5.61. The largest absolute Gasteiger partial charge is 0.490 e. The number of urea groups is 1. The van der Waals surface area contributed by atoms with Crippen LogP contribution >= 0.6 is 0 Å². The summed E-state index contributed by atoms with van der Waals surface area (Å²) >= 11 is 0. The first-order chi connectivity index (χ1) is 16.9. The molecule has 1 aliphatic carbocycles. The van der Waals surface area contributed by atoms with E-state index in [0.29, 0.717) is 35.1 Å². The van der Waals surface area contributed by atoms with Crippen LogP contribution in [0.2, 0.25) is 0 Å². The number of nitrogens with two attached hydrogens (primary N) is 2. The van der Waals surface area contributed by atoms with E-state index in [2.05, 4.69) is 22.3 Å². The van der Waals surface area contributed by atoms with Crippen molar-refractivity contribution in [2.24, 2.45) is 11.5 Å². The molecule has 1 aliphatic heterocycles. The number of benzene rings is 2. The molecule has 0 unspecified atom stereocenters. The minimum atomic E-state index is -0.358. The molecule has 1 saturated heterocycles. The number of amides is 2. The number of fused-ring (bicyclic) bond motifs is 1. The number of primary amides is 1. The van der Waals surface area contributed by atoms with Crippen LogP contribution in [0, 0.1) is 11.3 Å². The number of carbonyl (C=O) groups excluding carboxylic acids is 1. The standard InChI is InChI=1S/C21H19N3O2.C5H11N3O/c1-13(2)25-19-10-9-15(11-16(19)12-22)21-23-20(24-26-21)18-8-4-6-14-5-3-7-17(14)18;6-4-1-2-8(3-4)5(7)9/h4,6,8-11,13H,3,5,7H2,1-2H3;4H,1-3,6H2,(H2,7,9)/t;4-/m.1/s1. The lowest BCUT2D eigenvalue weighted by atomic mass is 10.0. The molecule has 1 fully saturated rings. The Bertz CT molecular complexity index is 1250. The molecule has 2 aliphatic rings. The molecule has 2 heterocycles. The van der Waals surface area contributed by atoms with Gasteiger partial charge in [-0.3, -0.25) is 0 Å². The molecular formula is C26H30N6O3. The first kappa shape index (κ1) is 24.2. The van der Waals surface area contributed by atoms with Gasteiger partial charge < -0.3 is 25.6 Å². The van der Waals surface area contributed by atoms with Crippen LogP contribution in [-0.4, -0.2) is 46.3 Å². The highest BCUT2D eigenvalue weighted by Gasteiger charge is 2.21. The summed E-state index contributed by atoms with van der Waals surface area (Å²) in [5.74, 6) is 1.56. The van der Waals surface area contributed by atoms with Gasteiger partial charge in [-0.25, -0.2) is 4.79 Å². The van der Waals surface area contributed by atoms with E-state index >= 15 is 0 Å². The summed E-state index contributed by atoms with van der Waals surface area (Å²) in [6.07, 6.45) is 4.21. The zero-order valence-electron chi connectivity index (χ0n) is 20.0. The first-order valence-corrected chi connectivity index (χ1v) is 11.8. The zero-order valence-corrected chi connectivity index (χ0v) is 20.0. The van der Waals surface area contributed by atoms with Crippen LogP contribution in [0.4, 0.5) is 4.79 Å². The van der Waals surface area contributed by atoms with Gasteiger partial charge in [-0.2, -0.15) is 10.2 Å². The van der Waals surface area contributed by atoms with Gasteiger partial charge in [0, 0.05) is 30.3 Å². The summed E-state index contributed by atoms with van der Waals surface area (Å²) in [5.41, 5.74) is 15.4. The topological polar surface area (TPSA) is 144 Å². The number of rotatable bonds is 4. The number of aromatic nitrogens is 2. The number of nitrogens with zero attached hydrogens (tertiary/aromatic N) is 4. The van der Waals surface area contributed by atoms with Gasteiger partial charge in [-0.15, -0.1) is 0 Å². The van der Waals surface area contributed by atoms with Crippen LogP contribution in [-0.2, 0) is 12.8 Å². The molecule has 0 saturated carbocycles. The maximum absolute atomic E-state index is 10.4. The van der Waals surface area contributed by atoms with E-state index in [1.165, 1.54) is 17.5 Å². The summed E-state index contributed by atoms with van der Waals surface area (Å²) in [5, 5.41) is 13.6. The fraction of sp³-hybridized carbons (Fsp3) is 0.385. The van der Waals surface area contributed by atoms with E-state index in [0.717, 1.165) is 31.4 Å². The van der Waals surface area contributed by atoms with E-state index in [9.17, 15) is 10.1 Å². The Kier molecular flexibility index (Phi) is 7.32. The summed E-state index contributed by atoms with van der Waals surface area (Å²) in [6.45, 7) is 5.20. The van der Waals surface area contributed by atoms with Crippen LogP contribution in [0.5, 0.6) is 5.75 Å². The number of hydrogen-bond donors (Lipinski definition) is 2. The minimum absolute atomic E-state index is 0.00290. The lowest BCUT2D eigenvalue weighted by Gasteiger charge is -2.11. The molecule has 0 spiro atoms. The van der Waals surface area contributed by atoms with Crippen LogP contribution in [0.25, 0.3) is 22.8 Å². The first-order valence-electron chi connectivity index (χ1n) is 11.8. The van der Waals surface area contributed by atoms with Gasteiger partial charge in [0.15, 0.2) is 0 Å². The lowest BCUT2D eigenvalue weighted by molar-refractivity contribution is 0.218. The van der Waals surface area contributed by atoms with Gasteiger partial charge in [-0.1, -0.05) is 23.4 Å². The third-order valence-electron chi connectivity index (χ3n) is 6.06. The van der Waals surface area contributed by atoms with Crippen molar-refractivity contribution in [1.29, 1.82) is 5.26 Å². The summed E-state index contributed by atoms with van der Waals surface area (Å²) in [7, 11) is 0. The Hall–Kier alpha value is -3.90. The van der Waals surface area contributed by atoms with Crippen molar-refractivity contribution < 1.29 is 14.1 Å². The van der Waals surface area contributed by atoms with Crippen molar-refractivity contribution in [3.8, 4) is 34.7 Å². The maximum atomic E-state index is 10.4. The van der Waals surface area contributed by atoms with Gasteiger partial charge in [0.2, 0.25) is 5.82 Å². The normalized spacial score (nSPS) is 16.4. The van der Waals surface area contributed by atoms with Crippen molar-refractivity contribution in [1.82, 2.24) is 15.0 Å². The Morgan fingerprint density at radius 1 is 1.29 bits per heavy atom. The number of ether oxygens (including phenoxy) is 1. The zero-order chi connectivity index (χ0) is 24.9. The van der Waals surface area contributed by atoms with Crippen LogP contribution < -0.4 is 16.2 Å². The Labute approximate surface area is 204 Å². The van der Waals surface area contributed by atoms with E-state index < -0.39 is 0 Å². The lowest BCUT2D eigenvalue weighted by Crippen LogP contribution is -2.35. The van der Waals surface area contributed by atoms with Crippen molar-refractivity contribution in [2.75, 3.05) is 13.1 Å². The maximum Gasteiger partial charge on any atom is 0.314 e. The van der Waals surface area contributed by atoms with Gasteiger partial charge in [0.05, 0.1) is 11.7 Å². The van der Waals surface area contributed by atoms with E-state index in [1.807, 2.05) is 32.0 Å². The highest BCUT2D eigenvalue weighted by molar-refractivity contribution is 5.72. The smallest absolute Gasteiger partial charge is 0.314 e. The van der Waals surface area contributed by atoms with Crippen molar-refractivity contribution in [3.63, 3.8) is 0 Å². The number of hydrogen-bond acceptors (Lipinski definition) is 7. The summed E-state index contributed by atoms with van der Waals surface area (Å²) in [6, 6.07) is 13.5. The average molecular weight is 475 g/mol. The second-order valence-electron chi connectivity index (χ2n) is 9.04.